The number of ether oxygens (including phenoxy) is 1. The summed E-state index contributed by atoms with van der Waals surface area (Å²) in [5, 5.41) is 8.74. The van der Waals surface area contributed by atoms with E-state index in [0.717, 1.165) is 43.6 Å². The molecule has 25 heavy (non-hydrogen) atoms. The highest BCUT2D eigenvalue weighted by molar-refractivity contribution is 5.86. The summed E-state index contributed by atoms with van der Waals surface area (Å²) in [6.45, 7) is 6.12. The van der Waals surface area contributed by atoms with Gasteiger partial charge < -0.3 is 15.4 Å². The van der Waals surface area contributed by atoms with Crippen LogP contribution in [0.25, 0.3) is 10.8 Å². The van der Waals surface area contributed by atoms with E-state index in [1.54, 1.807) is 6.07 Å². The summed E-state index contributed by atoms with van der Waals surface area (Å²) in [6, 6.07) is 11.4. The monoisotopic (exact) mass is 342 g/mol. The number of rotatable bonds is 4. The lowest BCUT2D eigenvalue weighted by atomic mass is 9.77. The third kappa shape index (κ3) is 3.43. The molecule has 0 saturated carbocycles. The molecular formula is C21H27FN2O. The minimum absolute atomic E-state index is 0.154. The molecule has 0 aliphatic carbocycles. The highest BCUT2D eigenvalue weighted by Gasteiger charge is 2.40. The van der Waals surface area contributed by atoms with Crippen molar-refractivity contribution in [2.24, 2.45) is 5.41 Å². The van der Waals surface area contributed by atoms with Crippen molar-refractivity contribution in [3.63, 3.8) is 0 Å². The van der Waals surface area contributed by atoms with Crippen molar-refractivity contribution < 1.29 is 9.13 Å². The van der Waals surface area contributed by atoms with Crippen LogP contribution < -0.4 is 10.6 Å². The summed E-state index contributed by atoms with van der Waals surface area (Å²) in [4.78, 5) is 0. The van der Waals surface area contributed by atoms with Gasteiger partial charge in [-0.3, -0.25) is 0 Å². The van der Waals surface area contributed by atoms with Gasteiger partial charge in [0.05, 0.1) is 12.7 Å². The zero-order chi connectivity index (χ0) is 17.3. The maximum absolute atomic E-state index is 14.0. The van der Waals surface area contributed by atoms with E-state index in [-0.39, 0.29) is 18.0 Å². The van der Waals surface area contributed by atoms with E-state index >= 15 is 0 Å². The van der Waals surface area contributed by atoms with Crippen molar-refractivity contribution in [2.75, 3.05) is 26.2 Å². The third-order valence-electron chi connectivity index (χ3n) is 5.97. The zero-order valence-corrected chi connectivity index (χ0v) is 14.9. The minimum Gasteiger partial charge on any atom is -0.376 e. The van der Waals surface area contributed by atoms with Gasteiger partial charge in [-0.1, -0.05) is 30.3 Å². The van der Waals surface area contributed by atoms with Crippen LogP contribution in [-0.4, -0.2) is 32.3 Å². The fourth-order valence-corrected chi connectivity index (χ4v) is 4.41. The maximum Gasteiger partial charge on any atom is 0.131 e. The van der Waals surface area contributed by atoms with Gasteiger partial charge in [-0.05, 0) is 61.7 Å². The summed E-state index contributed by atoms with van der Waals surface area (Å²) < 4.78 is 20.1. The molecule has 0 amide bonds. The van der Waals surface area contributed by atoms with E-state index in [0.29, 0.717) is 10.8 Å². The van der Waals surface area contributed by atoms with E-state index in [1.165, 1.54) is 12.8 Å². The fourth-order valence-electron chi connectivity index (χ4n) is 4.41. The number of halogens is 1. The topological polar surface area (TPSA) is 33.3 Å². The van der Waals surface area contributed by atoms with Gasteiger partial charge in [0.1, 0.15) is 5.82 Å². The van der Waals surface area contributed by atoms with Gasteiger partial charge in [0.15, 0.2) is 0 Å². The van der Waals surface area contributed by atoms with Crippen molar-refractivity contribution >= 4 is 10.8 Å². The zero-order valence-electron chi connectivity index (χ0n) is 14.9. The molecule has 2 N–H and O–H groups in total. The molecule has 4 heteroatoms. The molecule has 2 aliphatic heterocycles. The molecule has 134 valence electrons. The lowest BCUT2D eigenvalue weighted by Gasteiger charge is -2.32. The first kappa shape index (κ1) is 17.0. The van der Waals surface area contributed by atoms with Crippen LogP contribution in [0.3, 0.4) is 0 Å². The second-order valence-electron chi connectivity index (χ2n) is 7.70. The van der Waals surface area contributed by atoms with Crippen molar-refractivity contribution in [2.45, 2.75) is 38.3 Å². The van der Waals surface area contributed by atoms with E-state index in [1.807, 2.05) is 30.3 Å². The van der Waals surface area contributed by atoms with Gasteiger partial charge in [0.25, 0.3) is 0 Å². The number of fused-ring (bicyclic) bond motifs is 1. The van der Waals surface area contributed by atoms with E-state index in [2.05, 4.69) is 17.6 Å². The quantitative estimate of drug-likeness (QED) is 0.887. The van der Waals surface area contributed by atoms with Crippen molar-refractivity contribution in [3.8, 4) is 0 Å². The van der Waals surface area contributed by atoms with E-state index in [9.17, 15) is 4.39 Å². The van der Waals surface area contributed by atoms with Crippen LogP contribution in [0.5, 0.6) is 0 Å². The van der Waals surface area contributed by atoms with Gasteiger partial charge >= 0.3 is 0 Å². The highest BCUT2D eigenvalue weighted by Crippen LogP contribution is 2.40. The lowest BCUT2D eigenvalue weighted by Crippen LogP contribution is -2.37. The molecule has 2 aliphatic rings. The summed E-state index contributed by atoms with van der Waals surface area (Å²) in [7, 11) is 0. The first-order valence-electron chi connectivity index (χ1n) is 9.40. The lowest BCUT2D eigenvalue weighted by molar-refractivity contribution is 0.0849. The van der Waals surface area contributed by atoms with Crippen LogP contribution in [-0.2, 0) is 4.74 Å². The van der Waals surface area contributed by atoms with Crippen molar-refractivity contribution in [3.05, 3.63) is 47.8 Å². The Balaban J connectivity index is 1.42. The fraction of sp³-hybridized carbons (Fsp3) is 0.524. The smallest absolute Gasteiger partial charge is 0.131 e. The Bertz CT molecular complexity index is 742. The van der Waals surface area contributed by atoms with E-state index < -0.39 is 0 Å². The second kappa shape index (κ2) is 7.02. The summed E-state index contributed by atoms with van der Waals surface area (Å²) in [5.41, 5.74) is 1.54. The van der Waals surface area contributed by atoms with Gasteiger partial charge in [0, 0.05) is 18.0 Å². The van der Waals surface area contributed by atoms with Gasteiger partial charge in [0.2, 0.25) is 0 Å². The number of hydrogen-bond donors (Lipinski definition) is 2. The first-order chi connectivity index (χ1) is 12.2. The van der Waals surface area contributed by atoms with Gasteiger partial charge in [-0.15, -0.1) is 0 Å². The molecule has 0 radical (unpaired) electrons. The third-order valence-corrected chi connectivity index (χ3v) is 5.97. The predicted molar refractivity (Wildman–Crippen MR) is 99.2 cm³/mol. The number of piperidine rings is 1. The summed E-state index contributed by atoms with van der Waals surface area (Å²) >= 11 is 0. The Morgan fingerprint density at radius 1 is 1.20 bits per heavy atom. The van der Waals surface area contributed by atoms with Gasteiger partial charge in [-0.2, -0.15) is 0 Å². The molecule has 2 aromatic carbocycles. The number of nitrogens with one attached hydrogen (secondary N) is 2. The molecule has 0 bridgehead atoms. The minimum atomic E-state index is -0.154. The summed E-state index contributed by atoms with van der Waals surface area (Å²) in [5.74, 6) is -0.154. The van der Waals surface area contributed by atoms with Crippen LogP contribution in [0.2, 0.25) is 0 Å². The van der Waals surface area contributed by atoms with Crippen LogP contribution >= 0.6 is 0 Å². The molecule has 2 atom stereocenters. The van der Waals surface area contributed by atoms with Crippen LogP contribution in [0.15, 0.2) is 36.4 Å². The molecule has 0 aromatic heterocycles. The van der Waals surface area contributed by atoms with Gasteiger partial charge in [-0.25, -0.2) is 4.39 Å². The molecule has 3 nitrogen and oxygen atoms in total. The molecule has 2 heterocycles. The Hall–Kier alpha value is -1.49. The average Bonchev–Trinajstić information content (AvgIpc) is 3.03. The maximum atomic E-state index is 14.0. The normalized spacial score (nSPS) is 24.0. The summed E-state index contributed by atoms with van der Waals surface area (Å²) in [6.07, 6.45) is 3.88. The largest absolute Gasteiger partial charge is 0.376 e. The molecule has 4 rings (SSSR count). The number of benzene rings is 2. The molecule has 2 aromatic rings. The molecule has 2 fully saturated rings. The Morgan fingerprint density at radius 3 is 2.76 bits per heavy atom. The molecule has 2 unspecified atom stereocenters. The molecular weight excluding hydrogens is 315 g/mol. The first-order valence-corrected chi connectivity index (χ1v) is 9.40. The average molecular weight is 342 g/mol. The van der Waals surface area contributed by atoms with Crippen LogP contribution in [0.1, 0.15) is 37.8 Å². The van der Waals surface area contributed by atoms with Crippen LogP contribution in [0.4, 0.5) is 4.39 Å². The van der Waals surface area contributed by atoms with Crippen molar-refractivity contribution in [1.82, 2.24) is 10.6 Å². The Morgan fingerprint density at radius 2 is 1.96 bits per heavy atom. The van der Waals surface area contributed by atoms with E-state index in [4.69, 9.17) is 4.74 Å². The Labute approximate surface area is 148 Å². The molecule has 2 saturated heterocycles. The van der Waals surface area contributed by atoms with Crippen molar-refractivity contribution in [1.29, 1.82) is 0 Å². The standard InChI is InChI=1S/C21H27FN2O/c1-15(17-6-7-20(22)19-5-3-2-4-18(17)19)24-13-16-12-21(14-25-16)8-10-23-11-9-21/h2-7,15-16,23-24H,8-14H2,1H3. The predicted octanol–water partition coefficient (Wildman–Crippen LogP) is 3.79. The SMILES string of the molecule is CC(NCC1CC2(CCNCC2)CO1)c1ccc(F)c2ccccc12. The van der Waals surface area contributed by atoms with Crippen LogP contribution in [0, 0.1) is 11.2 Å². The second-order valence-corrected chi connectivity index (χ2v) is 7.70. The molecule has 1 spiro atoms. The Kier molecular flexibility index (Phi) is 4.76. The highest BCUT2D eigenvalue weighted by atomic mass is 19.1. The number of hydrogen-bond acceptors (Lipinski definition) is 3.